The number of nitrogens with zero attached hydrogens (tertiary/aromatic N) is 2. The molecule has 9 rings (SSSR count). The Bertz CT molecular complexity index is 1510. The number of Topliss-reactive ketones (excluding diaryl/α,β-unsaturated/α-hetero) is 1. The monoisotopic (exact) mass is 998 g/mol. The second-order valence-electron chi connectivity index (χ2n) is 17.9. The van der Waals surface area contributed by atoms with Crippen molar-refractivity contribution in [2.75, 3.05) is 59.6 Å². The summed E-state index contributed by atoms with van der Waals surface area (Å²) in [6.45, 7) is 7.39. The third kappa shape index (κ3) is 25.9. The minimum atomic E-state index is -0.472. The number of ketones is 1. The van der Waals surface area contributed by atoms with Crippen molar-refractivity contribution < 1.29 is 60.9 Å². The minimum Gasteiger partial charge on any atom is -1.00 e. The van der Waals surface area contributed by atoms with E-state index in [1.54, 1.807) is 9.80 Å². The van der Waals surface area contributed by atoms with Crippen molar-refractivity contribution >= 4 is 41.0 Å². The molecule has 14 heteroatoms. The Hall–Kier alpha value is -2.30. The summed E-state index contributed by atoms with van der Waals surface area (Å²) in [6, 6.07) is 19.4. The van der Waals surface area contributed by atoms with Crippen LogP contribution in [0.1, 0.15) is 147 Å². The number of aliphatic hydroxyl groups excluding tert-OH is 1. The second kappa shape index (κ2) is 35.8. The number of rotatable bonds is 6. The molecule has 2 aromatic carbocycles. The van der Waals surface area contributed by atoms with Gasteiger partial charge in [-0.25, -0.2) is 22.4 Å². The maximum absolute atomic E-state index is 12.2. The summed E-state index contributed by atoms with van der Waals surface area (Å²) < 4.78 is 15.6. The minimum absolute atomic E-state index is 0. The summed E-state index contributed by atoms with van der Waals surface area (Å²) in [5, 5.41) is 31.3. The number of hydrogen-bond donors (Lipinski definition) is 4. The first-order valence-electron chi connectivity index (χ1n) is 24.2. The van der Waals surface area contributed by atoms with Gasteiger partial charge in [-0.2, -0.15) is 0 Å². The van der Waals surface area contributed by atoms with Crippen LogP contribution in [0.5, 0.6) is 0 Å². The van der Waals surface area contributed by atoms with Gasteiger partial charge in [0.25, 0.3) is 0 Å². The van der Waals surface area contributed by atoms with Gasteiger partial charge in [-0.3, -0.25) is 4.79 Å². The van der Waals surface area contributed by atoms with Gasteiger partial charge in [0, 0.05) is 59.3 Å². The molecule has 4 N–H and O–H groups in total. The molecule has 12 nitrogen and oxygen atoms in total. The van der Waals surface area contributed by atoms with Crippen LogP contribution < -0.4 is 22.3 Å². The van der Waals surface area contributed by atoms with Crippen LogP contribution in [-0.4, -0.2) is 137 Å². The number of halogens is 1. The average molecular weight is 999 g/mol. The Kier molecular flexibility index (Phi) is 33.4. The molecule has 2 amide bonds. The molecule has 7 aliphatic rings. The van der Waals surface area contributed by atoms with E-state index in [1.807, 2.05) is 60.7 Å². The van der Waals surface area contributed by atoms with Gasteiger partial charge in [0.15, 0.2) is 0 Å². The van der Waals surface area contributed by atoms with Crippen molar-refractivity contribution in [3.05, 3.63) is 78.2 Å². The van der Waals surface area contributed by atoms with Crippen molar-refractivity contribution in [3.63, 3.8) is 0 Å². The quantitative estimate of drug-likeness (QED) is 0.199. The third-order valence-electron chi connectivity index (χ3n) is 12.5. The van der Waals surface area contributed by atoms with Gasteiger partial charge in [0.2, 0.25) is 0 Å². The summed E-state index contributed by atoms with van der Waals surface area (Å²) >= 11 is 0. The number of amides is 2. The molecule has 0 bridgehead atoms. The second-order valence-corrected chi connectivity index (χ2v) is 17.9. The first-order chi connectivity index (χ1) is 30.7. The molecule has 0 aromatic heterocycles. The molecule has 3 saturated carbocycles. The Labute approximate surface area is 424 Å². The molecular weight excluding hydrogens is 915 g/mol. The summed E-state index contributed by atoms with van der Waals surface area (Å²) in [6.07, 6.45) is 22.2. The van der Waals surface area contributed by atoms with Crippen LogP contribution in [0.15, 0.2) is 60.7 Å². The molecule has 0 spiro atoms. The van der Waals surface area contributed by atoms with E-state index in [9.17, 15) is 24.6 Å². The number of likely N-dealkylation sites (tertiary alicyclic amines) is 2. The summed E-state index contributed by atoms with van der Waals surface area (Å²) in [4.78, 5) is 38.9. The fourth-order valence-corrected chi connectivity index (χ4v) is 8.40. The van der Waals surface area contributed by atoms with Gasteiger partial charge in [0.1, 0.15) is 19.0 Å². The van der Waals surface area contributed by atoms with Crippen molar-refractivity contribution in [2.24, 2.45) is 11.8 Å². The molecule has 4 heterocycles. The Balaban J connectivity index is 0.000000448. The van der Waals surface area contributed by atoms with Crippen LogP contribution >= 0.6 is 0 Å². The van der Waals surface area contributed by atoms with Gasteiger partial charge in [-0.15, -0.1) is 0 Å². The van der Waals surface area contributed by atoms with E-state index >= 15 is 0 Å². The number of carbonyl (C=O) groups excluding carboxylic acids is 3. The van der Waals surface area contributed by atoms with Crippen LogP contribution in [-0.2, 0) is 32.2 Å². The molecule has 370 valence electrons. The van der Waals surface area contributed by atoms with Gasteiger partial charge in [-0.1, -0.05) is 68.1 Å². The largest absolute Gasteiger partial charge is 2.00 e. The van der Waals surface area contributed by atoms with Gasteiger partial charge < -0.3 is 68.0 Å². The fourth-order valence-electron chi connectivity index (χ4n) is 8.40. The summed E-state index contributed by atoms with van der Waals surface area (Å²) in [5.74, 6) is 1.46. The number of aliphatic hydroxyl groups is 3. The van der Waals surface area contributed by atoms with Gasteiger partial charge in [0.05, 0.1) is 11.2 Å². The predicted molar refractivity (Wildman–Crippen MR) is 259 cm³/mol. The van der Waals surface area contributed by atoms with Crippen LogP contribution in [0.4, 0.5) is 9.59 Å². The summed E-state index contributed by atoms with van der Waals surface area (Å²) in [7, 11) is 1.00. The van der Waals surface area contributed by atoms with E-state index in [2.05, 4.69) is 11.7 Å². The molecule has 4 aliphatic heterocycles. The summed E-state index contributed by atoms with van der Waals surface area (Å²) in [5.41, 5.74) is 1.24. The fraction of sp³-hybridized carbons (Fsp3) is 0.692. The van der Waals surface area contributed by atoms with Crippen molar-refractivity contribution in [3.8, 4) is 0 Å². The zero-order chi connectivity index (χ0) is 45.0. The number of hydrogen-bond acceptors (Lipinski definition) is 10. The van der Waals surface area contributed by atoms with Crippen LogP contribution in [0.2, 0.25) is 0 Å². The van der Waals surface area contributed by atoms with E-state index in [0.717, 1.165) is 109 Å². The van der Waals surface area contributed by atoms with E-state index in [0.29, 0.717) is 69.9 Å². The van der Waals surface area contributed by atoms with Crippen LogP contribution in [0.3, 0.4) is 0 Å². The SMILES string of the molecule is C.C1CCOC1.CO.O=C(OCc1ccccc1)N1CCCC(O)(C2CC2)CCC1.O=C1CCCN(C(=O)OCc2ccccc2)CCC1.OC1(C2CC2)CCCNCCC1.[Br-].[CH-]1CC1.[Mg+2]. The van der Waals surface area contributed by atoms with Gasteiger partial charge >= 0.3 is 35.2 Å². The topological polar surface area (TPSA) is 158 Å². The number of carbonyl (C=O) groups is 3. The van der Waals surface area contributed by atoms with E-state index < -0.39 is 5.60 Å². The predicted octanol–water partition coefficient (Wildman–Crippen LogP) is 6.05. The van der Waals surface area contributed by atoms with Crippen molar-refractivity contribution in [1.29, 1.82) is 0 Å². The molecule has 7 fully saturated rings. The van der Waals surface area contributed by atoms with E-state index in [4.69, 9.17) is 19.3 Å². The van der Waals surface area contributed by atoms with E-state index in [1.165, 1.54) is 51.4 Å². The van der Waals surface area contributed by atoms with Gasteiger partial charge in [-0.05, 0) is 139 Å². The zero-order valence-corrected chi connectivity index (χ0v) is 42.5. The van der Waals surface area contributed by atoms with Crippen LogP contribution in [0.25, 0.3) is 0 Å². The molecule has 4 saturated heterocycles. The van der Waals surface area contributed by atoms with Crippen molar-refractivity contribution in [2.45, 2.75) is 160 Å². The maximum Gasteiger partial charge on any atom is 2.00 e. The standard InChI is InChI=1S/C18H25NO3.C15H19NO3.C10H19NO.C4H8O.C3H5.CH4O.CH4.BrH.Mg/c20-17(22-14-15-6-2-1-3-7-15)19-12-4-10-18(21,11-5-13-19)16-8-9-16;17-14-8-4-10-16(11-5-9-14)15(18)19-12-13-6-2-1-3-7-13;12-10(9-3-4-9)5-1-7-11-8-2-6-10;1-2-4-5-3-1;1-2-3-1;1-2;;;/h1-3,6-7,16,21H,4-5,8-14H2;1-3,6-7H,4-5,8-12H2;9,11-12H,1-8H2;1-4H2;1H,2-3H2;2H,1H3;1H4;1H;/q;;;;-1;;;;+2/p-1. The molecule has 2 aromatic rings. The average Bonchev–Trinajstić information content (AvgIpc) is 4.13. The normalized spacial score (nSPS) is 20.6. The third-order valence-corrected chi connectivity index (χ3v) is 12.5. The number of nitrogens with one attached hydrogen (secondary N) is 1. The zero-order valence-electron chi connectivity index (χ0n) is 39.5. The first kappa shape index (κ1) is 61.7. The maximum atomic E-state index is 12.2. The van der Waals surface area contributed by atoms with Crippen molar-refractivity contribution in [1.82, 2.24) is 15.1 Å². The molecule has 66 heavy (non-hydrogen) atoms. The smallest absolute Gasteiger partial charge is 1.00 e. The van der Waals surface area contributed by atoms with E-state index in [-0.39, 0.29) is 65.2 Å². The molecule has 0 radical (unpaired) electrons. The first-order valence-corrected chi connectivity index (χ1v) is 24.2. The Morgan fingerprint density at radius 3 is 1.35 bits per heavy atom. The molecule has 0 atom stereocenters. The molecule has 0 unspecified atom stereocenters. The number of benzene rings is 2. The Morgan fingerprint density at radius 2 is 1.02 bits per heavy atom. The molecule has 3 aliphatic carbocycles. The van der Waals surface area contributed by atoms with Crippen LogP contribution in [0, 0.1) is 18.3 Å². The Morgan fingerprint density at radius 1 is 0.652 bits per heavy atom. The number of ether oxygens (including phenoxy) is 3. The molecular formula is C52H84BrMgN3O9.